The molecule has 0 aromatic heterocycles. The van der Waals surface area contributed by atoms with E-state index in [9.17, 15) is 18.5 Å². The van der Waals surface area contributed by atoms with Gasteiger partial charge in [0.05, 0.1) is 4.92 Å². The van der Waals surface area contributed by atoms with E-state index >= 15 is 0 Å². The third-order valence-corrected chi connectivity index (χ3v) is 5.34. The Kier molecular flexibility index (Phi) is 5.05. The van der Waals surface area contributed by atoms with Gasteiger partial charge in [0, 0.05) is 12.8 Å². The van der Waals surface area contributed by atoms with E-state index < -0.39 is 14.8 Å². The molecule has 0 heterocycles. The molecule has 0 radical (unpaired) electrons. The predicted octanol–water partition coefficient (Wildman–Crippen LogP) is 3.24. The molecule has 0 aliphatic heterocycles. The Hall–Kier alpha value is -1.63. The van der Waals surface area contributed by atoms with E-state index in [2.05, 4.69) is 12.2 Å². The Morgan fingerprint density at radius 2 is 2.09 bits per heavy atom. The summed E-state index contributed by atoms with van der Waals surface area (Å²) < 4.78 is 23.5. The Morgan fingerprint density at radius 3 is 2.68 bits per heavy atom. The Morgan fingerprint density at radius 1 is 1.36 bits per heavy atom. The number of hydrogen-bond acceptors (Lipinski definition) is 5. The first kappa shape index (κ1) is 16.7. The molecule has 1 aromatic carbocycles. The van der Waals surface area contributed by atoms with Crippen LogP contribution in [0.2, 0.25) is 0 Å². The summed E-state index contributed by atoms with van der Waals surface area (Å²) in [6.45, 7) is 2.86. The summed E-state index contributed by atoms with van der Waals surface area (Å²) >= 11 is 0. The summed E-state index contributed by atoms with van der Waals surface area (Å²) in [5, 5.41) is 14.4. The van der Waals surface area contributed by atoms with Crippen LogP contribution in [-0.4, -0.2) is 26.1 Å². The zero-order valence-electron chi connectivity index (χ0n) is 12.9. The van der Waals surface area contributed by atoms with E-state index in [4.69, 9.17) is 0 Å². The van der Waals surface area contributed by atoms with Crippen LogP contribution in [-0.2, 0) is 9.84 Å². The number of para-hydroxylation sites is 1. The van der Waals surface area contributed by atoms with Crippen LogP contribution in [0.1, 0.15) is 32.6 Å². The molecule has 6 nitrogen and oxygen atoms in total. The van der Waals surface area contributed by atoms with Crippen molar-refractivity contribution in [3.05, 3.63) is 28.3 Å². The van der Waals surface area contributed by atoms with Crippen LogP contribution in [0.25, 0.3) is 0 Å². The normalized spacial score (nSPS) is 22.3. The number of sulfone groups is 1. The summed E-state index contributed by atoms with van der Waals surface area (Å²) in [6, 6.07) is 4.38. The van der Waals surface area contributed by atoms with Crippen molar-refractivity contribution in [2.75, 3.05) is 18.1 Å². The number of nitrogens with one attached hydrogen (secondary N) is 1. The number of rotatable bonds is 5. The molecule has 2 unspecified atom stereocenters. The lowest BCUT2D eigenvalue weighted by atomic mass is 9.82. The lowest BCUT2D eigenvalue weighted by molar-refractivity contribution is -0.386. The molecule has 2 rings (SSSR count). The Labute approximate surface area is 131 Å². The molecule has 1 aliphatic rings. The van der Waals surface area contributed by atoms with E-state index in [1.54, 1.807) is 6.07 Å². The van der Waals surface area contributed by atoms with Crippen LogP contribution in [0.15, 0.2) is 23.1 Å². The van der Waals surface area contributed by atoms with Crippen molar-refractivity contribution in [3.63, 3.8) is 0 Å². The van der Waals surface area contributed by atoms with Gasteiger partial charge in [0.2, 0.25) is 0 Å². The predicted molar refractivity (Wildman–Crippen MR) is 85.8 cm³/mol. The van der Waals surface area contributed by atoms with Gasteiger partial charge in [-0.2, -0.15) is 0 Å². The smallest absolute Gasteiger partial charge is 0.310 e. The largest absolute Gasteiger partial charge is 0.379 e. The van der Waals surface area contributed by atoms with E-state index in [1.165, 1.54) is 25.0 Å². The minimum atomic E-state index is -3.63. The third-order valence-electron chi connectivity index (χ3n) is 4.21. The van der Waals surface area contributed by atoms with E-state index in [0.29, 0.717) is 18.4 Å². The maximum Gasteiger partial charge on any atom is 0.310 e. The molecule has 0 amide bonds. The van der Waals surface area contributed by atoms with Crippen LogP contribution in [0.5, 0.6) is 0 Å². The monoisotopic (exact) mass is 326 g/mol. The molecule has 122 valence electrons. The van der Waals surface area contributed by atoms with Gasteiger partial charge >= 0.3 is 5.69 Å². The summed E-state index contributed by atoms with van der Waals surface area (Å²) in [4.78, 5) is 10.4. The van der Waals surface area contributed by atoms with Crippen molar-refractivity contribution >= 4 is 21.2 Å². The first-order valence-electron chi connectivity index (χ1n) is 7.50. The maximum absolute atomic E-state index is 11.7. The Balaban J connectivity index is 2.22. The minimum absolute atomic E-state index is 0.237. The number of nitro benzene ring substituents is 1. The average molecular weight is 326 g/mol. The quantitative estimate of drug-likeness (QED) is 0.663. The summed E-state index contributed by atoms with van der Waals surface area (Å²) in [7, 11) is -3.63. The molecule has 0 saturated heterocycles. The highest BCUT2D eigenvalue weighted by Crippen LogP contribution is 2.33. The van der Waals surface area contributed by atoms with Gasteiger partial charge in [0.1, 0.15) is 10.6 Å². The van der Waals surface area contributed by atoms with Gasteiger partial charge < -0.3 is 5.32 Å². The highest BCUT2D eigenvalue weighted by molar-refractivity contribution is 7.90. The van der Waals surface area contributed by atoms with Crippen molar-refractivity contribution in [1.29, 1.82) is 0 Å². The van der Waals surface area contributed by atoms with Gasteiger partial charge in [0.25, 0.3) is 0 Å². The molecule has 7 heteroatoms. The second-order valence-corrected chi connectivity index (χ2v) is 8.18. The van der Waals surface area contributed by atoms with Crippen LogP contribution in [0, 0.1) is 22.0 Å². The highest BCUT2D eigenvalue weighted by Gasteiger charge is 2.27. The number of nitro groups is 1. The van der Waals surface area contributed by atoms with E-state index in [1.807, 2.05) is 0 Å². The van der Waals surface area contributed by atoms with E-state index in [-0.39, 0.29) is 16.3 Å². The summed E-state index contributed by atoms with van der Waals surface area (Å²) in [5.41, 5.74) is -0.0694. The second kappa shape index (κ2) is 6.64. The van der Waals surface area contributed by atoms with E-state index in [0.717, 1.165) is 19.1 Å². The fourth-order valence-electron chi connectivity index (χ4n) is 3.15. The summed E-state index contributed by atoms with van der Waals surface area (Å²) in [5.74, 6) is 1.16. The van der Waals surface area contributed by atoms with Crippen molar-refractivity contribution < 1.29 is 13.3 Å². The molecule has 1 aliphatic carbocycles. The SMILES string of the molecule is CC1CCCC(CNc2cccc(S(C)(=O)=O)c2[N+](=O)[O-])C1. The van der Waals surface area contributed by atoms with Crippen LogP contribution in [0.3, 0.4) is 0 Å². The van der Waals surface area contributed by atoms with Crippen molar-refractivity contribution in [2.24, 2.45) is 11.8 Å². The van der Waals surface area contributed by atoms with Gasteiger partial charge in [-0.25, -0.2) is 8.42 Å². The first-order valence-corrected chi connectivity index (χ1v) is 9.39. The van der Waals surface area contributed by atoms with Gasteiger partial charge in [-0.15, -0.1) is 0 Å². The second-order valence-electron chi connectivity index (χ2n) is 6.20. The minimum Gasteiger partial charge on any atom is -0.379 e. The fourth-order valence-corrected chi connectivity index (χ4v) is 4.01. The first-order chi connectivity index (χ1) is 10.3. The fraction of sp³-hybridized carbons (Fsp3) is 0.600. The molecular formula is C15H22N2O4S. The third kappa shape index (κ3) is 3.97. The molecule has 1 saturated carbocycles. The molecule has 0 spiro atoms. The topological polar surface area (TPSA) is 89.3 Å². The number of hydrogen-bond donors (Lipinski definition) is 1. The van der Waals surface area contributed by atoms with Crippen LogP contribution in [0.4, 0.5) is 11.4 Å². The van der Waals surface area contributed by atoms with Gasteiger partial charge in [0.15, 0.2) is 9.84 Å². The number of benzene rings is 1. The Bertz CT molecular complexity index is 658. The molecule has 1 fully saturated rings. The summed E-state index contributed by atoms with van der Waals surface area (Å²) in [6.07, 6.45) is 5.62. The molecule has 22 heavy (non-hydrogen) atoms. The molecule has 1 aromatic rings. The molecule has 1 N–H and O–H groups in total. The van der Waals surface area contributed by atoms with Crippen molar-refractivity contribution in [2.45, 2.75) is 37.5 Å². The maximum atomic E-state index is 11.7. The van der Waals surface area contributed by atoms with Crippen molar-refractivity contribution in [3.8, 4) is 0 Å². The molecule has 2 atom stereocenters. The lowest BCUT2D eigenvalue weighted by Crippen LogP contribution is -2.21. The zero-order chi connectivity index (χ0) is 16.3. The highest BCUT2D eigenvalue weighted by atomic mass is 32.2. The average Bonchev–Trinajstić information content (AvgIpc) is 2.43. The van der Waals surface area contributed by atoms with Crippen LogP contribution >= 0.6 is 0 Å². The number of anilines is 1. The lowest BCUT2D eigenvalue weighted by Gasteiger charge is -2.27. The number of nitrogens with zero attached hydrogens (tertiary/aromatic N) is 1. The van der Waals surface area contributed by atoms with Gasteiger partial charge in [-0.05, 0) is 36.8 Å². The van der Waals surface area contributed by atoms with Gasteiger partial charge in [-0.3, -0.25) is 10.1 Å². The molecule has 0 bridgehead atoms. The zero-order valence-corrected chi connectivity index (χ0v) is 13.7. The molecular weight excluding hydrogens is 304 g/mol. The van der Waals surface area contributed by atoms with Gasteiger partial charge in [-0.1, -0.05) is 25.8 Å². The standard InChI is InChI=1S/C15H22N2O4S/c1-11-5-3-6-12(9-11)10-16-13-7-4-8-14(22(2,20)21)15(13)17(18)19/h4,7-8,11-12,16H,3,5-6,9-10H2,1-2H3. The van der Waals surface area contributed by atoms with Crippen LogP contribution < -0.4 is 5.32 Å². The van der Waals surface area contributed by atoms with Crippen molar-refractivity contribution in [1.82, 2.24) is 0 Å².